The molecule has 4 aromatic rings. The van der Waals surface area contributed by atoms with E-state index in [1.807, 2.05) is 13.1 Å². The number of Topliss-reactive ketones (excluding diaryl/α,β-unsaturated/α-hetero) is 1. The Hall–Kier alpha value is -2.75. The van der Waals surface area contributed by atoms with Crippen molar-refractivity contribution >= 4 is 39.1 Å². The third kappa shape index (κ3) is 4.15. The molecule has 0 radical (unpaired) electrons. The van der Waals surface area contributed by atoms with Crippen molar-refractivity contribution in [1.29, 1.82) is 0 Å². The van der Waals surface area contributed by atoms with Crippen LogP contribution in [-0.2, 0) is 22.4 Å². The van der Waals surface area contributed by atoms with Gasteiger partial charge in [0.2, 0.25) is 0 Å². The van der Waals surface area contributed by atoms with Gasteiger partial charge in [-0.3, -0.25) is 4.79 Å². The molecular formula is C22H21ClN6O2S. The zero-order valence-corrected chi connectivity index (χ0v) is 19.2. The van der Waals surface area contributed by atoms with Crippen molar-refractivity contribution in [2.24, 2.45) is 5.92 Å². The number of thiazole rings is 1. The predicted octanol–water partition coefficient (Wildman–Crippen LogP) is 3.73. The number of carbonyl (C=O) groups is 1. The maximum Gasteiger partial charge on any atom is 0.193 e. The lowest BCUT2D eigenvalue weighted by Crippen LogP contribution is -2.11. The molecule has 5 rings (SSSR count). The number of nitrogens with zero attached hydrogens (tertiary/aromatic N) is 6. The molecule has 164 valence electrons. The third-order valence-corrected chi connectivity index (χ3v) is 6.76. The van der Waals surface area contributed by atoms with Crippen LogP contribution < -0.4 is 0 Å². The number of hydrogen-bond donors (Lipinski definition) is 0. The summed E-state index contributed by atoms with van der Waals surface area (Å²) in [7, 11) is 1.72. The summed E-state index contributed by atoms with van der Waals surface area (Å²) in [4.78, 5) is 28.9. The van der Waals surface area contributed by atoms with E-state index in [0.717, 1.165) is 38.5 Å². The summed E-state index contributed by atoms with van der Waals surface area (Å²) in [5, 5.41) is 9.46. The number of aryl methyl sites for hydroxylation is 1. The molecule has 0 aromatic carbocycles. The molecule has 4 heterocycles. The zero-order valence-electron chi connectivity index (χ0n) is 17.7. The second-order valence-electron chi connectivity index (χ2n) is 8.00. The van der Waals surface area contributed by atoms with Gasteiger partial charge in [0.25, 0.3) is 0 Å². The quantitative estimate of drug-likeness (QED) is 0.388. The van der Waals surface area contributed by atoms with Crippen LogP contribution in [0.25, 0.3) is 16.2 Å². The molecule has 0 spiro atoms. The van der Waals surface area contributed by atoms with E-state index in [4.69, 9.17) is 21.3 Å². The Kier molecular flexibility index (Phi) is 5.71. The van der Waals surface area contributed by atoms with Crippen molar-refractivity contribution in [1.82, 2.24) is 29.9 Å². The molecule has 0 aliphatic heterocycles. The van der Waals surface area contributed by atoms with Crippen LogP contribution in [0.5, 0.6) is 0 Å². The van der Waals surface area contributed by atoms with Gasteiger partial charge in [-0.15, -0.1) is 4.80 Å². The first-order valence-electron chi connectivity index (χ1n) is 10.3. The first kappa shape index (κ1) is 21.1. The van der Waals surface area contributed by atoms with E-state index in [1.165, 1.54) is 4.80 Å². The molecule has 1 saturated carbocycles. The lowest BCUT2D eigenvalue weighted by atomic mass is 9.97. The summed E-state index contributed by atoms with van der Waals surface area (Å²) in [5.74, 6) is 1.34. The summed E-state index contributed by atoms with van der Waals surface area (Å²) in [6.07, 6.45) is 8.17. The lowest BCUT2D eigenvalue weighted by Gasteiger charge is -2.10. The van der Waals surface area contributed by atoms with E-state index in [1.54, 1.807) is 43.1 Å². The SMILES string of the molecule is COC[C@@H]1C[C@H]1c1c(CC(=O)Cc2cnc(-n3nccn3)c(Cl)c2)cnc2sc(C)nc12. The van der Waals surface area contributed by atoms with Crippen molar-refractivity contribution in [2.45, 2.75) is 32.1 Å². The van der Waals surface area contributed by atoms with Gasteiger partial charge in [-0.1, -0.05) is 22.9 Å². The summed E-state index contributed by atoms with van der Waals surface area (Å²) in [5.41, 5.74) is 3.79. The fourth-order valence-corrected chi connectivity index (χ4v) is 5.17. The number of aromatic nitrogens is 6. The van der Waals surface area contributed by atoms with E-state index < -0.39 is 0 Å². The van der Waals surface area contributed by atoms with Crippen LogP contribution in [0.3, 0.4) is 0 Å². The summed E-state index contributed by atoms with van der Waals surface area (Å²) >= 11 is 7.93. The molecule has 0 unspecified atom stereocenters. The van der Waals surface area contributed by atoms with Crippen molar-refractivity contribution < 1.29 is 9.53 Å². The number of methoxy groups -OCH3 is 1. The molecule has 4 aromatic heterocycles. The van der Waals surface area contributed by atoms with Gasteiger partial charge in [-0.25, -0.2) is 15.0 Å². The van der Waals surface area contributed by atoms with Gasteiger partial charge in [-0.05, 0) is 47.9 Å². The Morgan fingerprint density at radius 1 is 1.25 bits per heavy atom. The smallest absolute Gasteiger partial charge is 0.193 e. The van der Waals surface area contributed by atoms with E-state index in [-0.39, 0.29) is 12.2 Å². The van der Waals surface area contributed by atoms with Crippen LogP contribution in [0, 0.1) is 12.8 Å². The maximum atomic E-state index is 13.0. The normalized spacial score (nSPS) is 17.7. The number of ketones is 1. The molecule has 1 fully saturated rings. The highest BCUT2D eigenvalue weighted by Gasteiger charge is 2.41. The Balaban J connectivity index is 1.37. The number of pyridine rings is 2. The fourth-order valence-electron chi connectivity index (χ4n) is 4.13. The topological polar surface area (TPSA) is 95.7 Å². The highest BCUT2D eigenvalue weighted by molar-refractivity contribution is 7.18. The van der Waals surface area contributed by atoms with Gasteiger partial charge < -0.3 is 4.74 Å². The summed E-state index contributed by atoms with van der Waals surface area (Å²) < 4.78 is 5.35. The van der Waals surface area contributed by atoms with Crippen LogP contribution in [0.2, 0.25) is 5.02 Å². The Morgan fingerprint density at radius 3 is 2.81 bits per heavy atom. The monoisotopic (exact) mass is 468 g/mol. The molecule has 0 amide bonds. The molecule has 0 N–H and O–H groups in total. The second kappa shape index (κ2) is 8.65. The van der Waals surface area contributed by atoms with E-state index >= 15 is 0 Å². The third-order valence-electron chi connectivity index (χ3n) is 5.60. The summed E-state index contributed by atoms with van der Waals surface area (Å²) in [6.45, 7) is 2.70. The molecule has 8 nitrogen and oxygen atoms in total. The molecule has 1 aliphatic rings. The molecule has 1 aliphatic carbocycles. The van der Waals surface area contributed by atoms with Gasteiger partial charge in [0.1, 0.15) is 16.1 Å². The second-order valence-corrected chi connectivity index (χ2v) is 9.59. The van der Waals surface area contributed by atoms with Gasteiger partial charge in [0.05, 0.1) is 22.4 Å². The molecule has 10 heteroatoms. The average Bonchev–Trinajstić information content (AvgIpc) is 3.12. The number of halogens is 1. The first-order valence-corrected chi connectivity index (χ1v) is 11.5. The van der Waals surface area contributed by atoms with Gasteiger partial charge in [-0.2, -0.15) is 10.2 Å². The standard InChI is InChI=1S/C22H21ClN6O2S/c1-12-28-20-19(17-8-15(17)11-31-2)14(10-25-22(20)32-12)7-16(30)5-13-6-18(23)21(24-9-13)29-26-3-4-27-29/h3-4,6,9-10,15,17H,5,7-8,11H2,1-2H3/t15-,17+/m0/s1. The van der Waals surface area contributed by atoms with Crippen LogP contribution in [-0.4, -0.2) is 49.4 Å². The number of fused-ring (bicyclic) bond motifs is 1. The minimum atomic E-state index is 0.0751. The van der Waals surface area contributed by atoms with Crippen LogP contribution in [0.15, 0.2) is 30.9 Å². The number of hydrogen-bond acceptors (Lipinski definition) is 8. The van der Waals surface area contributed by atoms with E-state index in [0.29, 0.717) is 35.7 Å². The zero-order chi connectivity index (χ0) is 22.2. The summed E-state index contributed by atoms with van der Waals surface area (Å²) in [6, 6.07) is 1.74. The highest BCUT2D eigenvalue weighted by Crippen LogP contribution is 2.50. The van der Waals surface area contributed by atoms with Gasteiger partial charge in [0, 0.05) is 39.0 Å². The van der Waals surface area contributed by atoms with Crippen LogP contribution in [0.4, 0.5) is 0 Å². The lowest BCUT2D eigenvalue weighted by molar-refractivity contribution is -0.117. The molecule has 0 saturated heterocycles. The fraction of sp³-hybridized carbons (Fsp3) is 0.364. The number of ether oxygens (including phenoxy) is 1. The number of rotatable bonds is 8. The Labute approximate surface area is 193 Å². The minimum Gasteiger partial charge on any atom is -0.384 e. The van der Waals surface area contributed by atoms with Crippen LogP contribution in [0.1, 0.15) is 34.0 Å². The van der Waals surface area contributed by atoms with Crippen molar-refractivity contribution in [3.63, 3.8) is 0 Å². The van der Waals surface area contributed by atoms with Crippen molar-refractivity contribution in [2.75, 3.05) is 13.7 Å². The largest absolute Gasteiger partial charge is 0.384 e. The van der Waals surface area contributed by atoms with Gasteiger partial charge >= 0.3 is 0 Å². The molecule has 32 heavy (non-hydrogen) atoms. The molecular weight excluding hydrogens is 448 g/mol. The maximum absolute atomic E-state index is 13.0. The van der Waals surface area contributed by atoms with Crippen LogP contribution >= 0.6 is 22.9 Å². The predicted molar refractivity (Wildman–Crippen MR) is 121 cm³/mol. The van der Waals surface area contributed by atoms with Crippen molar-refractivity contribution in [3.05, 3.63) is 57.6 Å². The van der Waals surface area contributed by atoms with Crippen molar-refractivity contribution in [3.8, 4) is 5.82 Å². The van der Waals surface area contributed by atoms with E-state index in [9.17, 15) is 4.79 Å². The minimum absolute atomic E-state index is 0.0751. The Bertz CT molecular complexity index is 1290. The first-order chi connectivity index (χ1) is 15.5. The van der Waals surface area contributed by atoms with Gasteiger partial charge in [0.15, 0.2) is 5.82 Å². The number of carbonyl (C=O) groups excluding carboxylic acids is 1. The van der Waals surface area contributed by atoms with E-state index in [2.05, 4.69) is 20.2 Å². The molecule has 2 atom stereocenters. The Morgan fingerprint density at radius 2 is 2.06 bits per heavy atom. The average molecular weight is 469 g/mol. The highest BCUT2D eigenvalue weighted by atomic mass is 35.5. The molecule has 0 bridgehead atoms.